The van der Waals surface area contributed by atoms with Gasteiger partial charge >= 0.3 is 5.97 Å². The largest absolute Gasteiger partial charge is 0.480 e. The standard InChI is InChI=1S/C31H60N4O5/c1-12-16-31(10,11)35(24(14-3)15-4)27(38)20-34(21-28(39)40)26(37)19-33-25(36)18-32-23(13-2)17-30(8,9)22-29(5,6)7/h23-24,32H,12-22H2,1-11H3,(H,33,36)(H,39,40). The molecule has 1 atom stereocenters. The molecular weight excluding hydrogens is 508 g/mol. The zero-order valence-corrected chi connectivity index (χ0v) is 27.4. The Labute approximate surface area is 244 Å². The van der Waals surface area contributed by atoms with Crippen LogP contribution < -0.4 is 10.6 Å². The van der Waals surface area contributed by atoms with E-state index in [0.29, 0.717) is 0 Å². The van der Waals surface area contributed by atoms with Crippen LogP contribution in [0.15, 0.2) is 0 Å². The Morgan fingerprint density at radius 2 is 1.38 bits per heavy atom. The summed E-state index contributed by atoms with van der Waals surface area (Å²) in [5.74, 6) is -2.43. The molecule has 9 nitrogen and oxygen atoms in total. The van der Waals surface area contributed by atoms with Crippen molar-refractivity contribution in [2.75, 3.05) is 26.2 Å². The number of amides is 3. The second-order valence-electron chi connectivity index (χ2n) is 13.8. The molecule has 40 heavy (non-hydrogen) atoms. The maximum atomic E-state index is 13.5. The van der Waals surface area contributed by atoms with Crippen LogP contribution in [-0.2, 0) is 19.2 Å². The molecule has 0 radical (unpaired) electrons. The van der Waals surface area contributed by atoms with Crippen molar-refractivity contribution in [2.45, 2.75) is 139 Å². The molecule has 0 saturated carbocycles. The molecule has 9 heteroatoms. The maximum absolute atomic E-state index is 13.5. The summed E-state index contributed by atoms with van der Waals surface area (Å²) in [6.45, 7) is 22.1. The number of aliphatic carboxylic acids is 1. The number of carbonyl (C=O) groups excluding carboxylic acids is 3. The van der Waals surface area contributed by atoms with Gasteiger partial charge in [-0.2, -0.15) is 0 Å². The topological polar surface area (TPSA) is 119 Å². The first-order chi connectivity index (χ1) is 18.3. The Hall–Kier alpha value is -2.16. The van der Waals surface area contributed by atoms with Crippen LogP contribution in [0.2, 0.25) is 0 Å². The number of hydrogen-bond acceptors (Lipinski definition) is 5. The minimum atomic E-state index is -1.21. The summed E-state index contributed by atoms with van der Waals surface area (Å²) in [4.78, 5) is 53.5. The average molecular weight is 569 g/mol. The fraction of sp³-hybridized carbons (Fsp3) is 0.871. The van der Waals surface area contributed by atoms with Crippen LogP contribution in [0.5, 0.6) is 0 Å². The summed E-state index contributed by atoms with van der Waals surface area (Å²) >= 11 is 0. The van der Waals surface area contributed by atoms with Gasteiger partial charge in [0.15, 0.2) is 0 Å². The van der Waals surface area contributed by atoms with E-state index in [1.54, 1.807) is 0 Å². The van der Waals surface area contributed by atoms with Gasteiger partial charge in [0.25, 0.3) is 0 Å². The Balaban J connectivity index is 5.31. The second-order valence-corrected chi connectivity index (χ2v) is 13.8. The molecule has 3 N–H and O–H groups in total. The van der Waals surface area contributed by atoms with Crippen molar-refractivity contribution in [3.05, 3.63) is 0 Å². The molecule has 0 fully saturated rings. The van der Waals surface area contributed by atoms with Gasteiger partial charge in [-0.05, 0) is 63.2 Å². The highest BCUT2D eigenvalue weighted by Gasteiger charge is 2.36. The molecule has 0 heterocycles. The van der Waals surface area contributed by atoms with Gasteiger partial charge in [-0.15, -0.1) is 0 Å². The Kier molecular flexibility index (Phi) is 16.0. The lowest BCUT2D eigenvalue weighted by atomic mass is 9.73. The van der Waals surface area contributed by atoms with E-state index in [-0.39, 0.29) is 54.4 Å². The van der Waals surface area contributed by atoms with E-state index in [4.69, 9.17) is 0 Å². The number of nitrogens with zero attached hydrogens (tertiary/aromatic N) is 2. The fourth-order valence-corrected chi connectivity index (χ4v) is 6.18. The molecule has 0 rings (SSSR count). The number of carboxylic acids is 1. The Bertz CT molecular complexity index is 815. The molecule has 0 aliphatic carbocycles. The zero-order chi connectivity index (χ0) is 31.3. The first-order valence-corrected chi connectivity index (χ1v) is 15.1. The summed E-state index contributed by atoms with van der Waals surface area (Å²) in [5.41, 5.74) is -0.118. The van der Waals surface area contributed by atoms with E-state index < -0.39 is 24.0 Å². The van der Waals surface area contributed by atoms with Crippen LogP contribution in [0.1, 0.15) is 121 Å². The molecule has 0 aliphatic heterocycles. The summed E-state index contributed by atoms with van der Waals surface area (Å²) in [6, 6.07) is 0.143. The third-order valence-corrected chi connectivity index (χ3v) is 7.38. The van der Waals surface area contributed by atoms with Gasteiger partial charge in [0.2, 0.25) is 17.7 Å². The predicted molar refractivity (Wildman–Crippen MR) is 162 cm³/mol. The summed E-state index contributed by atoms with van der Waals surface area (Å²) in [5, 5.41) is 15.3. The van der Waals surface area contributed by atoms with Crippen LogP contribution in [-0.4, -0.2) is 82.4 Å². The SMILES string of the molecule is CCCC(C)(C)N(C(=O)CN(CC(=O)O)C(=O)CNC(=O)CNC(CC)CC(C)(C)CC(C)(C)C)C(CC)CC. The molecule has 3 amide bonds. The molecule has 0 spiro atoms. The third kappa shape index (κ3) is 14.5. The highest BCUT2D eigenvalue weighted by molar-refractivity contribution is 5.91. The normalized spacial score (nSPS) is 13.2. The lowest BCUT2D eigenvalue weighted by Crippen LogP contribution is -2.57. The number of carbonyl (C=O) groups is 4. The summed E-state index contributed by atoms with van der Waals surface area (Å²) in [6.07, 6.45) is 6.05. The zero-order valence-electron chi connectivity index (χ0n) is 27.4. The number of carboxylic acid groups (broad SMARTS) is 1. The van der Waals surface area contributed by atoms with Crippen molar-refractivity contribution in [3.8, 4) is 0 Å². The first-order valence-electron chi connectivity index (χ1n) is 15.1. The van der Waals surface area contributed by atoms with E-state index in [0.717, 1.165) is 49.8 Å². The van der Waals surface area contributed by atoms with Crippen LogP contribution >= 0.6 is 0 Å². The summed E-state index contributed by atoms with van der Waals surface area (Å²) < 4.78 is 0. The van der Waals surface area contributed by atoms with E-state index in [1.807, 2.05) is 32.6 Å². The highest BCUT2D eigenvalue weighted by atomic mass is 16.4. The number of hydrogen-bond donors (Lipinski definition) is 3. The van der Waals surface area contributed by atoms with Gasteiger partial charge < -0.3 is 25.5 Å². The first kappa shape index (κ1) is 37.8. The van der Waals surface area contributed by atoms with E-state index in [9.17, 15) is 24.3 Å². The van der Waals surface area contributed by atoms with E-state index in [2.05, 4.69) is 59.1 Å². The lowest BCUT2D eigenvalue weighted by molar-refractivity contribution is -0.150. The predicted octanol–water partition coefficient (Wildman–Crippen LogP) is 4.83. The van der Waals surface area contributed by atoms with Crippen LogP contribution in [0.4, 0.5) is 0 Å². The lowest BCUT2D eigenvalue weighted by Gasteiger charge is -2.44. The van der Waals surface area contributed by atoms with E-state index in [1.165, 1.54) is 0 Å². The van der Waals surface area contributed by atoms with Gasteiger partial charge in [0.05, 0.1) is 13.1 Å². The van der Waals surface area contributed by atoms with Gasteiger partial charge in [-0.3, -0.25) is 19.2 Å². The molecule has 0 aromatic carbocycles. The number of rotatable bonds is 19. The minimum Gasteiger partial charge on any atom is -0.480 e. The fourth-order valence-electron chi connectivity index (χ4n) is 6.18. The molecule has 0 aromatic rings. The van der Waals surface area contributed by atoms with Gasteiger partial charge in [-0.1, -0.05) is 68.7 Å². The molecule has 0 bridgehead atoms. The van der Waals surface area contributed by atoms with Gasteiger partial charge in [-0.25, -0.2) is 0 Å². The highest BCUT2D eigenvalue weighted by Crippen LogP contribution is 2.37. The Morgan fingerprint density at radius 3 is 1.82 bits per heavy atom. The molecule has 0 aliphatic rings. The van der Waals surface area contributed by atoms with Gasteiger partial charge in [0, 0.05) is 17.6 Å². The average Bonchev–Trinajstić information content (AvgIpc) is 2.80. The Morgan fingerprint density at radius 1 is 0.800 bits per heavy atom. The maximum Gasteiger partial charge on any atom is 0.323 e. The number of nitrogens with one attached hydrogen (secondary N) is 2. The van der Waals surface area contributed by atoms with Crippen molar-refractivity contribution >= 4 is 23.7 Å². The summed E-state index contributed by atoms with van der Waals surface area (Å²) in [7, 11) is 0. The van der Waals surface area contributed by atoms with Crippen molar-refractivity contribution in [1.29, 1.82) is 0 Å². The van der Waals surface area contributed by atoms with Crippen LogP contribution in [0.25, 0.3) is 0 Å². The van der Waals surface area contributed by atoms with Crippen molar-refractivity contribution < 1.29 is 24.3 Å². The molecule has 234 valence electrons. The molecule has 1 unspecified atom stereocenters. The molecule has 0 saturated heterocycles. The molecule has 0 aromatic heterocycles. The van der Waals surface area contributed by atoms with Crippen LogP contribution in [0, 0.1) is 10.8 Å². The van der Waals surface area contributed by atoms with Crippen molar-refractivity contribution in [2.24, 2.45) is 10.8 Å². The smallest absolute Gasteiger partial charge is 0.323 e. The van der Waals surface area contributed by atoms with Crippen LogP contribution in [0.3, 0.4) is 0 Å². The van der Waals surface area contributed by atoms with Crippen molar-refractivity contribution in [3.63, 3.8) is 0 Å². The van der Waals surface area contributed by atoms with Crippen molar-refractivity contribution in [1.82, 2.24) is 20.4 Å². The quantitative estimate of drug-likeness (QED) is 0.205. The second kappa shape index (κ2) is 16.9. The van der Waals surface area contributed by atoms with Gasteiger partial charge in [0.1, 0.15) is 13.1 Å². The molecular formula is C31H60N4O5. The van der Waals surface area contributed by atoms with E-state index >= 15 is 0 Å². The third-order valence-electron chi connectivity index (χ3n) is 7.38. The minimum absolute atomic E-state index is 0.0125. The monoisotopic (exact) mass is 568 g/mol.